The molecule has 0 aromatic heterocycles. The third-order valence-electron chi connectivity index (χ3n) is 4.45. The van der Waals surface area contributed by atoms with Crippen molar-refractivity contribution < 1.29 is 9.53 Å². The summed E-state index contributed by atoms with van der Waals surface area (Å²) in [5.74, 6) is 0.830. The van der Waals surface area contributed by atoms with Gasteiger partial charge in [-0.15, -0.1) is 0 Å². The predicted octanol–water partition coefficient (Wildman–Crippen LogP) is 2.84. The molecule has 1 atom stereocenters. The molecule has 26 heavy (non-hydrogen) atoms. The fourth-order valence-electron chi connectivity index (χ4n) is 2.79. The van der Waals surface area contributed by atoms with Gasteiger partial charge < -0.3 is 19.9 Å². The van der Waals surface area contributed by atoms with Crippen LogP contribution < -0.4 is 15.0 Å². The van der Waals surface area contributed by atoms with Gasteiger partial charge in [0.2, 0.25) is 0 Å². The minimum absolute atomic E-state index is 0.0770. The monoisotopic (exact) mass is 355 g/mol. The van der Waals surface area contributed by atoms with E-state index in [-0.39, 0.29) is 11.8 Å². The van der Waals surface area contributed by atoms with Gasteiger partial charge in [0.15, 0.2) is 5.78 Å². The molecule has 5 heteroatoms. The van der Waals surface area contributed by atoms with Gasteiger partial charge in [-0.25, -0.2) is 0 Å². The molecule has 1 N–H and O–H groups in total. The van der Waals surface area contributed by atoms with Crippen LogP contribution in [0.4, 0.5) is 5.69 Å². The molecule has 0 heterocycles. The smallest absolute Gasteiger partial charge is 0.176 e. The zero-order chi connectivity index (χ0) is 19.1. The van der Waals surface area contributed by atoms with Crippen LogP contribution in [-0.4, -0.2) is 59.1 Å². The fraction of sp³-hybridized carbons (Fsp3) is 0.381. The average Bonchev–Trinajstić information content (AvgIpc) is 2.65. The van der Waals surface area contributed by atoms with Crippen molar-refractivity contribution in [3.63, 3.8) is 0 Å². The standard InChI is InChI=1S/C21H29N3O2/c1-23(2)18-10-6-16(7-11-18)20(24(3)4)14-22-15-21(25)17-8-12-19(26-5)13-9-17/h6-13,20,22H,14-15H2,1-5H3. The summed E-state index contributed by atoms with van der Waals surface area (Å²) in [6.07, 6.45) is 0. The summed E-state index contributed by atoms with van der Waals surface area (Å²) in [6.45, 7) is 1.02. The van der Waals surface area contributed by atoms with E-state index in [1.807, 2.05) is 26.2 Å². The topological polar surface area (TPSA) is 44.8 Å². The molecule has 0 saturated carbocycles. The first kappa shape index (κ1) is 19.9. The van der Waals surface area contributed by atoms with Gasteiger partial charge in [-0.2, -0.15) is 0 Å². The Morgan fingerprint density at radius 1 is 1.00 bits per heavy atom. The highest BCUT2D eigenvalue weighted by atomic mass is 16.5. The number of nitrogens with one attached hydrogen (secondary N) is 1. The summed E-state index contributed by atoms with van der Waals surface area (Å²) < 4.78 is 5.12. The minimum atomic E-state index is 0.0770. The predicted molar refractivity (Wildman–Crippen MR) is 107 cm³/mol. The van der Waals surface area contributed by atoms with E-state index < -0.39 is 0 Å². The van der Waals surface area contributed by atoms with Crippen LogP contribution in [-0.2, 0) is 0 Å². The summed E-state index contributed by atoms with van der Waals surface area (Å²) in [5.41, 5.74) is 3.09. The second-order valence-corrected chi connectivity index (χ2v) is 6.75. The molecule has 0 radical (unpaired) electrons. The lowest BCUT2D eigenvalue weighted by molar-refractivity contribution is 0.0988. The van der Waals surface area contributed by atoms with Gasteiger partial charge in [-0.1, -0.05) is 12.1 Å². The molecule has 140 valence electrons. The lowest BCUT2D eigenvalue weighted by Crippen LogP contribution is -2.33. The van der Waals surface area contributed by atoms with Gasteiger partial charge >= 0.3 is 0 Å². The molecule has 0 amide bonds. The lowest BCUT2D eigenvalue weighted by Gasteiger charge is -2.25. The molecule has 1 unspecified atom stereocenters. The number of nitrogens with zero attached hydrogens (tertiary/aromatic N) is 2. The molecule has 5 nitrogen and oxygen atoms in total. The maximum atomic E-state index is 12.3. The second-order valence-electron chi connectivity index (χ2n) is 6.75. The maximum absolute atomic E-state index is 12.3. The van der Waals surface area contributed by atoms with Crippen LogP contribution in [0.1, 0.15) is 22.0 Å². The van der Waals surface area contributed by atoms with Crippen molar-refractivity contribution >= 4 is 11.5 Å². The third kappa shape index (κ3) is 5.31. The van der Waals surface area contributed by atoms with E-state index in [0.29, 0.717) is 18.7 Å². The van der Waals surface area contributed by atoms with Gasteiger partial charge in [-0.3, -0.25) is 4.79 Å². The molecule has 0 aliphatic carbocycles. The van der Waals surface area contributed by atoms with Crippen LogP contribution >= 0.6 is 0 Å². The average molecular weight is 355 g/mol. The SMILES string of the molecule is COc1ccc(C(=O)CNCC(c2ccc(N(C)C)cc2)N(C)C)cc1. The van der Waals surface area contributed by atoms with Gasteiger partial charge in [0.05, 0.1) is 13.7 Å². The normalized spacial score (nSPS) is 12.1. The third-order valence-corrected chi connectivity index (χ3v) is 4.45. The zero-order valence-corrected chi connectivity index (χ0v) is 16.3. The maximum Gasteiger partial charge on any atom is 0.176 e. The number of hydrogen-bond donors (Lipinski definition) is 1. The molecule has 0 fully saturated rings. The number of methoxy groups -OCH3 is 1. The van der Waals surface area contributed by atoms with Crippen LogP contribution in [0.15, 0.2) is 48.5 Å². The van der Waals surface area contributed by atoms with Crippen LogP contribution in [0.5, 0.6) is 5.75 Å². The Morgan fingerprint density at radius 2 is 1.62 bits per heavy atom. The van der Waals surface area contributed by atoms with Gasteiger partial charge in [0.1, 0.15) is 5.75 Å². The Kier molecular flexibility index (Phi) is 7.18. The first-order valence-electron chi connectivity index (χ1n) is 8.74. The highest BCUT2D eigenvalue weighted by Crippen LogP contribution is 2.21. The van der Waals surface area contributed by atoms with E-state index in [4.69, 9.17) is 4.74 Å². The molecule has 0 aliphatic heterocycles. The number of hydrogen-bond acceptors (Lipinski definition) is 5. The molecular weight excluding hydrogens is 326 g/mol. The number of carbonyl (C=O) groups is 1. The van der Waals surface area contributed by atoms with Crippen molar-refractivity contribution in [2.45, 2.75) is 6.04 Å². The second kappa shape index (κ2) is 9.36. The van der Waals surface area contributed by atoms with E-state index in [2.05, 4.69) is 53.5 Å². The summed E-state index contributed by atoms with van der Waals surface area (Å²) >= 11 is 0. The van der Waals surface area contributed by atoms with E-state index in [1.54, 1.807) is 19.2 Å². The van der Waals surface area contributed by atoms with Crippen LogP contribution in [0.25, 0.3) is 0 Å². The summed E-state index contributed by atoms with van der Waals surface area (Å²) in [7, 11) is 9.79. The fourth-order valence-corrected chi connectivity index (χ4v) is 2.79. The largest absolute Gasteiger partial charge is 0.497 e. The number of ether oxygens (including phenoxy) is 1. The Hall–Kier alpha value is -2.37. The minimum Gasteiger partial charge on any atom is -0.497 e. The molecule has 0 spiro atoms. The number of carbonyl (C=O) groups excluding carboxylic acids is 1. The van der Waals surface area contributed by atoms with Crippen molar-refractivity contribution in [1.82, 2.24) is 10.2 Å². The Labute approximate surface area is 156 Å². The molecule has 0 aliphatic rings. The number of rotatable bonds is 9. The Balaban J connectivity index is 1.94. The number of anilines is 1. The molecule has 0 bridgehead atoms. The molecular formula is C21H29N3O2. The number of ketones is 1. The van der Waals surface area contributed by atoms with Gasteiger partial charge in [0, 0.05) is 37.9 Å². The molecule has 2 aromatic carbocycles. The van der Waals surface area contributed by atoms with Crippen molar-refractivity contribution in [3.05, 3.63) is 59.7 Å². The van der Waals surface area contributed by atoms with Gasteiger partial charge in [-0.05, 0) is 56.1 Å². The summed E-state index contributed by atoms with van der Waals surface area (Å²) in [6, 6.07) is 15.9. The number of benzene rings is 2. The number of Topliss-reactive ketones (excluding diaryl/α,β-unsaturated/α-hetero) is 1. The number of likely N-dealkylation sites (N-methyl/N-ethyl adjacent to an activating group) is 1. The van der Waals surface area contributed by atoms with Crippen molar-refractivity contribution in [3.8, 4) is 5.75 Å². The first-order chi connectivity index (χ1) is 12.4. The Bertz CT molecular complexity index is 694. The van der Waals surface area contributed by atoms with Crippen LogP contribution in [0.2, 0.25) is 0 Å². The van der Waals surface area contributed by atoms with Crippen molar-refractivity contribution in [1.29, 1.82) is 0 Å². The summed E-state index contributed by atoms with van der Waals surface area (Å²) in [4.78, 5) is 16.6. The van der Waals surface area contributed by atoms with Crippen molar-refractivity contribution in [2.24, 2.45) is 0 Å². The van der Waals surface area contributed by atoms with E-state index in [0.717, 1.165) is 5.75 Å². The Morgan fingerprint density at radius 3 is 2.12 bits per heavy atom. The van der Waals surface area contributed by atoms with Crippen LogP contribution in [0, 0.1) is 0 Å². The van der Waals surface area contributed by atoms with E-state index >= 15 is 0 Å². The quantitative estimate of drug-likeness (QED) is 0.701. The van der Waals surface area contributed by atoms with Crippen molar-refractivity contribution in [2.75, 3.05) is 53.3 Å². The molecule has 0 saturated heterocycles. The highest BCUT2D eigenvalue weighted by Gasteiger charge is 2.15. The first-order valence-corrected chi connectivity index (χ1v) is 8.74. The zero-order valence-electron chi connectivity index (χ0n) is 16.3. The lowest BCUT2D eigenvalue weighted by atomic mass is 10.0. The van der Waals surface area contributed by atoms with E-state index in [9.17, 15) is 4.79 Å². The highest BCUT2D eigenvalue weighted by molar-refractivity contribution is 5.97. The molecule has 2 rings (SSSR count). The molecule has 2 aromatic rings. The van der Waals surface area contributed by atoms with E-state index in [1.165, 1.54) is 11.3 Å². The van der Waals surface area contributed by atoms with Gasteiger partial charge in [0.25, 0.3) is 0 Å². The summed E-state index contributed by atoms with van der Waals surface area (Å²) in [5, 5.41) is 3.30. The van der Waals surface area contributed by atoms with Crippen LogP contribution in [0.3, 0.4) is 0 Å².